The van der Waals surface area contributed by atoms with Crippen molar-refractivity contribution in [2.75, 3.05) is 13.1 Å². The van der Waals surface area contributed by atoms with Crippen LogP contribution >= 0.6 is 0 Å². The summed E-state index contributed by atoms with van der Waals surface area (Å²) in [5.74, 6) is 0. The number of rotatable bonds is 34. The van der Waals surface area contributed by atoms with Crippen LogP contribution in [0.1, 0.15) is 232 Å². The number of quaternary nitrogens is 2. The molecule has 0 saturated heterocycles. The van der Waals surface area contributed by atoms with Crippen LogP contribution in [0.15, 0.2) is 0 Å². The van der Waals surface area contributed by atoms with E-state index in [9.17, 15) is 0 Å². The molecule has 260 valence electrons. The predicted octanol–water partition coefficient (Wildman–Crippen LogP) is 5.77. The SMILES string of the molecule is CCCCCCCCCCCCCCCCCCC[NH3+].CCCCCCCCCCCCCCCCCCC[NH3+].[Cl-].[Cl-]. The van der Waals surface area contributed by atoms with Crippen molar-refractivity contribution in [1.29, 1.82) is 0 Å². The van der Waals surface area contributed by atoms with Gasteiger partial charge in [-0.3, -0.25) is 0 Å². The number of unbranched alkanes of at least 4 members (excludes halogenated alkanes) is 32. The Morgan fingerprint density at radius 1 is 0.214 bits per heavy atom. The summed E-state index contributed by atoms with van der Waals surface area (Å²) >= 11 is 0. The molecule has 0 aliphatic heterocycles. The summed E-state index contributed by atoms with van der Waals surface area (Å²) in [4.78, 5) is 0. The van der Waals surface area contributed by atoms with E-state index < -0.39 is 0 Å². The Morgan fingerprint density at radius 3 is 0.452 bits per heavy atom. The summed E-state index contributed by atoms with van der Waals surface area (Å²) in [7, 11) is 0. The molecular formula is C38H84Cl2N2. The quantitative estimate of drug-likeness (QED) is 0.0841. The Labute approximate surface area is 280 Å². The van der Waals surface area contributed by atoms with Crippen molar-refractivity contribution in [3.63, 3.8) is 0 Å². The van der Waals surface area contributed by atoms with Crippen LogP contribution in [-0.2, 0) is 0 Å². The first kappa shape index (κ1) is 49.4. The fraction of sp³-hybridized carbons (Fsp3) is 1.00. The Bertz CT molecular complexity index is 323. The Kier molecular flexibility index (Phi) is 60.1. The van der Waals surface area contributed by atoms with E-state index in [2.05, 4.69) is 25.3 Å². The second-order valence-corrected chi connectivity index (χ2v) is 13.0. The van der Waals surface area contributed by atoms with Crippen molar-refractivity contribution >= 4 is 0 Å². The van der Waals surface area contributed by atoms with Crippen LogP contribution in [0.25, 0.3) is 0 Å². The molecule has 2 nitrogen and oxygen atoms in total. The van der Waals surface area contributed by atoms with Gasteiger partial charge in [-0.25, -0.2) is 0 Å². The summed E-state index contributed by atoms with van der Waals surface area (Å²) in [5, 5.41) is 0. The highest BCUT2D eigenvalue weighted by Crippen LogP contribution is 2.15. The van der Waals surface area contributed by atoms with E-state index in [0.29, 0.717) is 0 Å². The van der Waals surface area contributed by atoms with Gasteiger partial charge in [-0.15, -0.1) is 0 Å². The van der Waals surface area contributed by atoms with Crippen LogP contribution in [-0.4, -0.2) is 13.1 Å². The fourth-order valence-electron chi connectivity index (χ4n) is 5.80. The zero-order chi connectivity index (χ0) is 29.5. The van der Waals surface area contributed by atoms with E-state index in [0.717, 1.165) is 13.1 Å². The van der Waals surface area contributed by atoms with Gasteiger partial charge >= 0.3 is 0 Å². The van der Waals surface area contributed by atoms with Gasteiger partial charge in [-0.05, 0) is 25.7 Å². The van der Waals surface area contributed by atoms with Gasteiger partial charge in [0.05, 0.1) is 13.1 Å². The molecule has 0 saturated carbocycles. The molecule has 6 N–H and O–H groups in total. The highest BCUT2D eigenvalue weighted by Gasteiger charge is 1.96. The van der Waals surface area contributed by atoms with E-state index in [1.54, 1.807) is 0 Å². The largest absolute Gasteiger partial charge is 1.00 e. The molecule has 0 fully saturated rings. The van der Waals surface area contributed by atoms with Crippen LogP contribution in [0.2, 0.25) is 0 Å². The molecule has 0 spiro atoms. The molecule has 0 aliphatic rings. The molecule has 42 heavy (non-hydrogen) atoms. The molecule has 0 aromatic heterocycles. The molecule has 0 aromatic rings. The van der Waals surface area contributed by atoms with Gasteiger partial charge < -0.3 is 36.3 Å². The van der Waals surface area contributed by atoms with Gasteiger partial charge in [0.25, 0.3) is 0 Å². The van der Waals surface area contributed by atoms with Gasteiger partial charge in [-0.2, -0.15) is 0 Å². The van der Waals surface area contributed by atoms with Crippen LogP contribution in [0, 0.1) is 0 Å². The van der Waals surface area contributed by atoms with Gasteiger partial charge in [0.2, 0.25) is 0 Å². The number of hydrogen-bond acceptors (Lipinski definition) is 0. The molecule has 0 aromatic carbocycles. The van der Waals surface area contributed by atoms with Crippen molar-refractivity contribution in [1.82, 2.24) is 0 Å². The maximum absolute atomic E-state index is 3.89. The lowest BCUT2D eigenvalue weighted by atomic mass is 10.0. The minimum Gasteiger partial charge on any atom is -1.00 e. The maximum Gasteiger partial charge on any atom is 0.0739 e. The predicted molar refractivity (Wildman–Crippen MR) is 184 cm³/mol. The van der Waals surface area contributed by atoms with Crippen molar-refractivity contribution in [2.45, 2.75) is 232 Å². The minimum absolute atomic E-state index is 0. The van der Waals surface area contributed by atoms with Crippen LogP contribution in [0.5, 0.6) is 0 Å². The second kappa shape index (κ2) is 51.1. The van der Waals surface area contributed by atoms with Gasteiger partial charge in [0, 0.05) is 0 Å². The van der Waals surface area contributed by atoms with Gasteiger partial charge in [0.1, 0.15) is 0 Å². The number of halogens is 2. The normalized spacial score (nSPS) is 10.6. The summed E-state index contributed by atoms with van der Waals surface area (Å²) in [6.07, 6.45) is 49.4. The topological polar surface area (TPSA) is 55.3 Å². The molecule has 0 aliphatic carbocycles. The minimum atomic E-state index is 0. The summed E-state index contributed by atoms with van der Waals surface area (Å²) < 4.78 is 0. The molecule has 0 bridgehead atoms. The van der Waals surface area contributed by atoms with Crippen molar-refractivity contribution < 1.29 is 36.3 Å². The molecule has 0 unspecified atom stereocenters. The van der Waals surface area contributed by atoms with Gasteiger partial charge in [-0.1, -0.05) is 206 Å². The van der Waals surface area contributed by atoms with Crippen LogP contribution in [0.4, 0.5) is 0 Å². The first-order chi connectivity index (χ1) is 19.8. The first-order valence-corrected chi connectivity index (χ1v) is 19.4. The van der Waals surface area contributed by atoms with Crippen molar-refractivity contribution in [2.24, 2.45) is 0 Å². The smallest absolute Gasteiger partial charge is 0.0739 e. The Balaban J connectivity index is -0.000000328. The summed E-state index contributed by atoms with van der Waals surface area (Å²) in [5.41, 5.74) is 7.79. The van der Waals surface area contributed by atoms with E-state index in [4.69, 9.17) is 0 Å². The average molecular weight is 640 g/mol. The molecule has 0 radical (unpaired) electrons. The summed E-state index contributed by atoms with van der Waals surface area (Å²) in [6, 6.07) is 0. The van der Waals surface area contributed by atoms with E-state index in [1.165, 1.54) is 218 Å². The molecule has 0 heterocycles. The summed E-state index contributed by atoms with van der Waals surface area (Å²) in [6.45, 7) is 6.84. The molecule has 0 amide bonds. The molecule has 0 rings (SSSR count). The second-order valence-electron chi connectivity index (χ2n) is 13.0. The third kappa shape index (κ3) is 53.1. The zero-order valence-electron chi connectivity index (χ0n) is 29.6. The Hall–Kier alpha value is 0.500. The lowest BCUT2D eigenvalue weighted by Crippen LogP contribution is -3.00. The molecular weight excluding hydrogens is 555 g/mol. The highest BCUT2D eigenvalue weighted by molar-refractivity contribution is 4.51. The standard InChI is InChI=1S/2C19H41N.2ClH/c2*1-2-3-4-5-6-7-8-9-10-11-12-13-14-15-16-17-18-19-20;;/h2*2-20H2,1H3;2*1H. The molecule has 4 heteroatoms. The third-order valence-electron chi connectivity index (χ3n) is 8.71. The Morgan fingerprint density at radius 2 is 0.333 bits per heavy atom. The lowest BCUT2D eigenvalue weighted by Gasteiger charge is -2.03. The fourth-order valence-corrected chi connectivity index (χ4v) is 5.80. The molecule has 0 atom stereocenters. The number of hydrogen-bond donors (Lipinski definition) is 2. The van der Waals surface area contributed by atoms with Gasteiger partial charge in [0.15, 0.2) is 0 Å². The maximum atomic E-state index is 3.89. The van der Waals surface area contributed by atoms with E-state index in [1.807, 2.05) is 0 Å². The van der Waals surface area contributed by atoms with Crippen molar-refractivity contribution in [3.05, 3.63) is 0 Å². The van der Waals surface area contributed by atoms with E-state index >= 15 is 0 Å². The van der Waals surface area contributed by atoms with Crippen molar-refractivity contribution in [3.8, 4) is 0 Å². The lowest BCUT2D eigenvalue weighted by molar-refractivity contribution is -0.368. The third-order valence-corrected chi connectivity index (χ3v) is 8.71. The van der Waals surface area contributed by atoms with Crippen LogP contribution in [0.3, 0.4) is 0 Å². The average Bonchev–Trinajstić information content (AvgIpc) is 2.97. The van der Waals surface area contributed by atoms with E-state index in [-0.39, 0.29) is 24.8 Å². The first-order valence-electron chi connectivity index (χ1n) is 19.4. The monoisotopic (exact) mass is 639 g/mol. The zero-order valence-corrected chi connectivity index (χ0v) is 31.1. The van der Waals surface area contributed by atoms with Crippen LogP contribution < -0.4 is 36.3 Å². The highest BCUT2D eigenvalue weighted by atomic mass is 35.5.